The minimum atomic E-state index is 0.802. The molecule has 0 aromatic carbocycles. The van der Waals surface area contributed by atoms with Crippen molar-refractivity contribution in [1.29, 1.82) is 0 Å². The number of quaternary nitrogens is 1. The fourth-order valence-corrected chi connectivity index (χ4v) is 3.91. The Morgan fingerprint density at radius 3 is 2.28 bits per heavy atom. The van der Waals surface area contributed by atoms with E-state index in [9.17, 15) is 0 Å². The van der Waals surface area contributed by atoms with Crippen molar-refractivity contribution in [2.45, 2.75) is 76.7 Å². The Kier molecular flexibility index (Phi) is 5.97. The van der Waals surface area contributed by atoms with Gasteiger partial charge in [0.05, 0.1) is 19.5 Å². The van der Waals surface area contributed by atoms with Crippen molar-refractivity contribution in [3.63, 3.8) is 0 Å². The van der Waals surface area contributed by atoms with Crippen LogP contribution in [0.1, 0.15) is 71.1 Å². The summed E-state index contributed by atoms with van der Waals surface area (Å²) in [7, 11) is 0. The van der Waals surface area contributed by atoms with Crippen molar-refractivity contribution >= 4 is 0 Å². The van der Waals surface area contributed by atoms with Crippen LogP contribution in [-0.4, -0.2) is 31.7 Å². The molecule has 0 aromatic rings. The van der Waals surface area contributed by atoms with Gasteiger partial charge < -0.3 is 10.2 Å². The molecule has 3 aliphatic rings. The van der Waals surface area contributed by atoms with E-state index in [2.05, 4.69) is 12.2 Å². The van der Waals surface area contributed by atoms with E-state index in [1.807, 2.05) is 4.90 Å². The first-order chi connectivity index (χ1) is 8.87. The third-order valence-corrected chi connectivity index (χ3v) is 5.26. The van der Waals surface area contributed by atoms with E-state index in [4.69, 9.17) is 0 Å². The van der Waals surface area contributed by atoms with Crippen LogP contribution in [-0.2, 0) is 0 Å². The lowest BCUT2D eigenvalue weighted by molar-refractivity contribution is -0.983. The molecule has 0 spiro atoms. The van der Waals surface area contributed by atoms with Crippen LogP contribution in [0, 0.1) is 0 Å². The molecule has 0 radical (unpaired) electrons. The molecule has 2 heteroatoms. The summed E-state index contributed by atoms with van der Waals surface area (Å²) >= 11 is 0. The summed E-state index contributed by atoms with van der Waals surface area (Å²) in [5.41, 5.74) is 0.802. The van der Waals surface area contributed by atoms with E-state index >= 15 is 0 Å². The number of rotatable bonds is 3. The Morgan fingerprint density at radius 2 is 1.72 bits per heavy atom. The predicted molar refractivity (Wildman–Crippen MR) is 78.1 cm³/mol. The number of nitrogens with one attached hydrogen (secondary N) is 2. The molecule has 3 heterocycles. The molecule has 106 valence electrons. The first kappa shape index (κ1) is 14.3. The summed E-state index contributed by atoms with van der Waals surface area (Å²) in [6.45, 7) is 7.76. The van der Waals surface area contributed by atoms with Crippen LogP contribution in [0.4, 0.5) is 0 Å². The molecule has 2 unspecified atom stereocenters. The lowest BCUT2D eigenvalue weighted by atomic mass is 9.80. The van der Waals surface area contributed by atoms with Gasteiger partial charge in [0.15, 0.2) is 0 Å². The zero-order valence-corrected chi connectivity index (χ0v) is 12.4. The van der Waals surface area contributed by atoms with Gasteiger partial charge in [0, 0.05) is 19.3 Å². The molecule has 3 aliphatic heterocycles. The molecule has 3 rings (SSSR count). The van der Waals surface area contributed by atoms with Crippen molar-refractivity contribution < 1.29 is 4.90 Å². The third kappa shape index (κ3) is 3.71. The fourth-order valence-electron chi connectivity index (χ4n) is 3.91. The van der Waals surface area contributed by atoms with Crippen molar-refractivity contribution in [2.24, 2.45) is 0 Å². The predicted octanol–water partition coefficient (Wildman–Crippen LogP) is 2.15. The second-order valence-electron chi connectivity index (χ2n) is 6.51. The van der Waals surface area contributed by atoms with Gasteiger partial charge in [-0.1, -0.05) is 26.2 Å². The van der Waals surface area contributed by atoms with Crippen molar-refractivity contribution in [2.75, 3.05) is 26.2 Å². The van der Waals surface area contributed by atoms with Crippen molar-refractivity contribution in [3.8, 4) is 0 Å². The molecular weight excluding hydrogens is 220 g/mol. The number of unbranched alkanes of at least 4 members (excludes halogenated alkanes) is 1. The van der Waals surface area contributed by atoms with Crippen LogP contribution < -0.4 is 10.2 Å². The molecule has 3 saturated heterocycles. The molecule has 3 fully saturated rings. The van der Waals surface area contributed by atoms with Crippen LogP contribution in [0.2, 0.25) is 0 Å². The van der Waals surface area contributed by atoms with Gasteiger partial charge in [0.25, 0.3) is 0 Å². The SMILES string of the molecule is C1CCCNCC1.CCCCC12CCC[NH+]1CC2. The standard InChI is InChI=1S/C10H19N.C6H13N/c1-2-3-5-10-6-4-8-11(10)9-7-10;1-2-4-6-7-5-3-1/h2-9H2,1H3;7H,1-6H2/p+1. The maximum absolute atomic E-state index is 3.35. The minimum absolute atomic E-state index is 0.802. The molecule has 0 bridgehead atoms. The quantitative estimate of drug-likeness (QED) is 0.788. The van der Waals surface area contributed by atoms with Crippen molar-refractivity contribution in [3.05, 3.63) is 0 Å². The number of hydrogen-bond acceptors (Lipinski definition) is 1. The monoisotopic (exact) mass is 253 g/mol. The van der Waals surface area contributed by atoms with Crippen LogP contribution in [0.15, 0.2) is 0 Å². The summed E-state index contributed by atoms with van der Waals surface area (Å²) in [5.74, 6) is 0. The second-order valence-corrected chi connectivity index (χ2v) is 6.51. The van der Waals surface area contributed by atoms with E-state index in [-0.39, 0.29) is 0 Å². The van der Waals surface area contributed by atoms with Gasteiger partial charge in [-0.25, -0.2) is 0 Å². The van der Waals surface area contributed by atoms with Crippen LogP contribution in [0.5, 0.6) is 0 Å². The summed E-state index contributed by atoms with van der Waals surface area (Å²) < 4.78 is 0. The summed E-state index contributed by atoms with van der Waals surface area (Å²) in [6, 6.07) is 0. The van der Waals surface area contributed by atoms with Crippen LogP contribution in [0.3, 0.4) is 0 Å². The lowest BCUT2D eigenvalue weighted by Crippen LogP contribution is -3.24. The van der Waals surface area contributed by atoms with Crippen molar-refractivity contribution in [1.82, 2.24) is 5.32 Å². The summed E-state index contributed by atoms with van der Waals surface area (Å²) in [6.07, 6.45) is 14.6. The second kappa shape index (κ2) is 7.49. The van der Waals surface area contributed by atoms with Gasteiger partial charge in [-0.3, -0.25) is 0 Å². The van der Waals surface area contributed by atoms with E-state index in [0.717, 1.165) is 5.54 Å². The van der Waals surface area contributed by atoms with Crippen LogP contribution >= 0.6 is 0 Å². The topological polar surface area (TPSA) is 16.5 Å². The lowest BCUT2D eigenvalue weighted by Gasteiger charge is -2.44. The Labute approximate surface area is 114 Å². The van der Waals surface area contributed by atoms with E-state index in [1.165, 1.54) is 90.4 Å². The molecule has 2 N–H and O–H groups in total. The molecular formula is C16H33N2+. The average molecular weight is 253 g/mol. The largest absolute Gasteiger partial charge is 0.330 e. The van der Waals surface area contributed by atoms with Gasteiger partial charge in [0.2, 0.25) is 0 Å². The molecule has 0 aromatic heterocycles. The van der Waals surface area contributed by atoms with E-state index in [0.29, 0.717) is 0 Å². The highest BCUT2D eigenvalue weighted by atomic mass is 15.3. The van der Waals surface area contributed by atoms with Gasteiger partial charge in [-0.05, 0) is 32.4 Å². The maximum Gasteiger partial charge on any atom is 0.103 e. The van der Waals surface area contributed by atoms with Gasteiger partial charge >= 0.3 is 0 Å². The Balaban J connectivity index is 0.000000149. The summed E-state index contributed by atoms with van der Waals surface area (Å²) in [5, 5.41) is 3.35. The third-order valence-electron chi connectivity index (χ3n) is 5.26. The number of hydrogen-bond donors (Lipinski definition) is 2. The van der Waals surface area contributed by atoms with Gasteiger partial charge in [0.1, 0.15) is 5.54 Å². The molecule has 0 amide bonds. The minimum Gasteiger partial charge on any atom is -0.330 e. The zero-order valence-electron chi connectivity index (χ0n) is 12.4. The molecule has 18 heavy (non-hydrogen) atoms. The van der Waals surface area contributed by atoms with E-state index in [1.54, 1.807) is 0 Å². The Hall–Kier alpha value is -0.0800. The molecule has 0 saturated carbocycles. The molecule has 0 aliphatic carbocycles. The van der Waals surface area contributed by atoms with Gasteiger partial charge in [-0.15, -0.1) is 0 Å². The molecule has 2 nitrogen and oxygen atoms in total. The van der Waals surface area contributed by atoms with E-state index < -0.39 is 0 Å². The Morgan fingerprint density at radius 1 is 0.944 bits per heavy atom. The Bertz CT molecular complexity index is 209. The maximum atomic E-state index is 3.35. The van der Waals surface area contributed by atoms with Crippen LogP contribution in [0.25, 0.3) is 0 Å². The smallest absolute Gasteiger partial charge is 0.103 e. The highest BCUT2D eigenvalue weighted by Gasteiger charge is 2.51. The first-order valence-electron chi connectivity index (χ1n) is 8.43. The van der Waals surface area contributed by atoms with Gasteiger partial charge in [-0.2, -0.15) is 0 Å². The normalized spacial score (nSPS) is 34.8. The highest BCUT2D eigenvalue weighted by Crippen LogP contribution is 2.29. The first-order valence-corrected chi connectivity index (χ1v) is 8.43. The molecule has 2 atom stereocenters. The highest BCUT2D eigenvalue weighted by molar-refractivity contribution is 4.88. The summed E-state index contributed by atoms with van der Waals surface area (Å²) in [4.78, 5) is 1.94. The fraction of sp³-hybridized carbons (Fsp3) is 1.00. The number of fused-ring (bicyclic) bond motifs is 1. The zero-order chi connectivity index (χ0) is 12.7. The average Bonchev–Trinajstić information content (AvgIpc) is 2.63.